The van der Waals surface area contributed by atoms with Gasteiger partial charge in [-0.2, -0.15) is 13.0 Å². The van der Waals surface area contributed by atoms with Crippen molar-refractivity contribution in [2.24, 2.45) is 7.05 Å². The molecule has 0 spiro atoms. The van der Waals surface area contributed by atoms with Crippen LogP contribution in [0.3, 0.4) is 0 Å². The average molecular weight is 687 g/mol. The summed E-state index contributed by atoms with van der Waals surface area (Å²) in [5.41, 5.74) is 3.44. The van der Waals surface area contributed by atoms with Gasteiger partial charge in [0.2, 0.25) is 5.52 Å². The number of halogens is 1. The van der Waals surface area contributed by atoms with Crippen molar-refractivity contribution < 1.29 is 41.5 Å². The van der Waals surface area contributed by atoms with Gasteiger partial charge in [-0.1, -0.05) is 77.7 Å². The molecule has 0 atom stereocenters. The van der Waals surface area contributed by atoms with E-state index in [9.17, 15) is 13.0 Å². The van der Waals surface area contributed by atoms with E-state index in [2.05, 4.69) is 96.3 Å². The molecule has 6 rings (SSSR count). The summed E-state index contributed by atoms with van der Waals surface area (Å²) in [4.78, 5) is 3.34. The van der Waals surface area contributed by atoms with Crippen LogP contribution >= 0.6 is 23.1 Å². The summed E-state index contributed by atoms with van der Waals surface area (Å²) in [6, 6.07) is 25.4. The van der Waals surface area contributed by atoms with Crippen LogP contribution in [0, 0.1) is 0 Å². The molecule has 0 aliphatic carbocycles. The molecule has 0 fully saturated rings. The minimum atomic E-state index is -4.02. The minimum absolute atomic E-state index is 0. The number of benzene rings is 4. The molecule has 0 amide bonds. The second-order valence-electron chi connectivity index (χ2n) is 9.53. The number of fused-ring (bicyclic) bond motifs is 6. The van der Waals surface area contributed by atoms with Crippen molar-refractivity contribution in [1.82, 2.24) is 0 Å². The fraction of sp³-hybridized carbons (Fsp3) is 0.167. The molecule has 0 radical (unpaired) electrons. The maximum Gasteiger partial charge on any atom is 0.264 e. The van der Waals surface area contributed by atoms with E-state index in [0.29, 0.717) is 13.0 Å². The highest BCUT2D eigenvalue weighted by Gasteiger charge is 2.27. The first-order valence-corrected chi connectivity index (χ1v) is 15.7. The lowest BCUT2D eigenvalue weighted by atomic mass is 10.1. The third-order valence-electron chi connectivity index (χ3n) is 6.84. The van der Waals surface area contributed by atoms with E-state index in [4.69, 9.17) is 0 Å². The Balaban J connectivity index is 0.00000308. The molecule has 1 aromatic heterocycles. The van der Waals surface area contributed by atoms with Crippen molar-refractivity contribution in [3.63, 3.8) is 0 Å². The Morgan fingerprint density at radius 1 is 0.974 bits per heavy atom. The number of aryl methyl sites for hydroxylation is 1. The zero-order valence-electron chi connectivity index (χ0n) is 21.5. The van der Waals surface area contributed by atoms with Gasteiger partial charge in [-0.15, -0.1) is 0 Å². The van der Waals surface area contributed by atoms with Crippen LogP contribution in [0.1, 0.15) is 18.4 Å². The smallest absolute Gasteiger partial charge is 0.264 e. The molecule has 0 saturated heterocycles. The van der Waals surface area contributed by atoms with Gasteiger partial charge in [-0.25, -0.2) is 0 Å². The van der Waals surface area contributed by atoms with Gasteiger partial charge < -0.3 is 28.9 Å². The molecule has 5 aromatic rings. The molecule has 5 nitrogen and oxygen atoms in total. The number of thioether (sulfide) groups is 1. The van der Waals surface area contributed by atoms with Crippen LogP contribution < -0.4 is 33.4 Å². The van der Waals surface area contributed by atoms with Crippen molar-refractivity contribution in [2.45, 2.75) is 18.2 Å². The molecule has 1 aliphatic heterocycles. The fourth-order valence-electron chi connectivity index (χ4n) is 5.12. The summed E-state index contributed by atoms with van der Waals surface area (Å²) in [5, 5.41) is 6.97. The molecule has 9 heteroatoms. The van der Waals surface area contributed by atoms with Gasteiger partial charge in [-0.3, -0.25) is 4.55 Å². The van der Waals surface area contributed by atoms with Crippen LogP contribution in [0.25, 0.3) is 37.8 Å². The van der Waals surface area contributed by atoms with Gasteiger partial charge in [0.05, 0.1) is 21.9 Å². The predicted molar refractivity (Wildman–Crippen MR) is 160 cm³/mol. The van der Waals surface area contributed by atoms with Crippen LogP contribution in [0.5, 0.6) is 0 Å². The Kier molecular flexibility index (Phi) is 8.08. The van der Waals surface area contributed by atoms with Crippen molar-refractivity contribution >= 4 is 76.7 Å². The Bertz CT molecular complexity index is 1890. The van der Waals surface area contributed by atoms with Gasteiger partial charge in [0, 0.05) is 22.9 Å². The standard InChI is InChI=1S/C30H26N2O3S3.HI/c1-20(18-27-31(2)29-23-10-5-3-8-21(23)12-14-25(29)36-27)19-28-32(16-7-17-38(33,34)35)30-24-11-6-4-9-22(24)13-15-26(30)37-28;/h3-6,8-15,18-19H,7,16-17H2,1-2H3;1H. The van der Waals surface area contributed by atoms with E-state index in [1.54, 1.807) is 23.1 Å². The Morgan fingerprint density at radius 2 is 1.64 bits per heavy atom. The van der Waals surface area contributed by atoms with E-state index < -0.39 is 10.1 Å². The second-order valence-corrected chi connectivity index (χ2v) is 13.2. The summed E-state index contributed by atoms with van der Waals surface area (Å²) in [5.74, 6) is -0.262. The number of rotatable bonds is 6. The second kappa shape index (κ2) is 11.2. The number of thiazole rings is 1. The Labute approximate surface area is 253 Å². The zero-order valence-corrected chi connectivity index (χ0v) is 26.1. The number of anilines is 1. The monoisotopic (exact) mass is 686 g/mol. The SMILES string of the molecule is CC(=C\c1sc2ccc3ccccc3c2[n+]1C)/C=C1/Sc2ccc3ccccc3c2N1CCCS(=O)(=O)O.[I-]. The Hall–Kier alpha value is -2.44. The van der Waals surface area contributed by atoms with Crippen LogP contribution in [0.4, 0.5) is 5.69 Å². The summed E-state index contributed by atoms with van der Waals surface area (Å²) in [7, 11) is -1.90. The first kappa shape index (κ1) is 28.1. The topological polar surface area (TPSA) is 61.5 Å². The van der Waals surface area contributed by atoms with Crippen LogP contribution in [0.15, 0.2) is 94.4 Å². The van der Waals surface area contributed by atoms with Crippen molar-refractivity contribution in [1.29, 1.82) is 0 Å². The minimum Gasteiger partial charge on any atom is -1.00 e. The number of aromatic nitrogens is 1. The summed E-state index contributed by atoms with van der Waals surface area (Å²) < 4.78 is 35.7. The van der Waals surface area contributed by atoms with Crippen LogP contribution in [-0.2, 0) is 17.2 Å². The maximum atomic E-state index is 11.4. The van der Waals surface area contributed by atoms with Crippen molar-refractivity contribution in [2.75, 3.05) is 17.2 Å². The van der Waals surface area contributed by atoms with Crippen molar-refractivity contribution in [3.8, 4) is 0 Å². The van der Waals surface area contributed by atoms with Gasteiger partial charge in [0.15, 0.2) is 0 Å². The van der Waals surface area contributed by atoms with E-state index in [1.807, 2.05) is 12.1 Å². The van der Waals surface area contributed by atoms with Gasteiger partial charge >= 0.3 is 0 Å². The highest BCUT2D eigenvalue weighted by molar-refractivity contribution is 8.03. The first-order chi connectivity index (χ1) is 18.3. The van der Waals surface area contributed by atoms with E-state index in [-0.39, 0.29) is 29.7 Å². The average Bonchev–Trinajstić information content (AvgIpc) is 3.40. The molecule has 0 unspecified atom stereocenters. The third kappa shape index (κ3) is 5.60. The molecule has 0 bridgehead atoms. The van der Waals surface area contributed by atoms with Crippen LogP contribution in [-0.4, -0.2) is 25.3 Å². The van der Waals surface area contributed by atoms with Gasteiger partial charge in [0.25, 0.3) is 15.1 Å². The lowest BCUT2D eigenvalue weighted by Crippen LogP contribution is -3.00. The molecule has 2 heterocycles. The van der Waals surface area contributed by atoms with Gasteiger partial charge in [0.1, 0.15) is 11.7 Å². The number of hydrogen-bond donors (Lipinski definition) is 1. The Morgan fingerprint density at radius 3 is 2.38 bits per heavy atom. The summed E-state index contributed by atoms with van der Waals surface area (Å²) in [6.45, 7) is 2.60. The molecule has 39 heavy (non-hydrogen) atoms. The summed E-state index contributed by atoms with van der Waals surface area (Å²) in [6.07, 6.45) is 4.72. The lowest BCUT2D eigenvalue weighted by molar-refractivity contribution is -0.641. The van der Waals surface area contributed by atoms with Crippen molar-refractivity contribution in [3.05, 3.63) is 94.5 Å². The predicted octanol–water partition coefficient (Wildman–Crippen LogP) is 4.17. The lowest BCUT2D eigenvalue weighted by Gasteiger charge is -2.22. The maximum absolute atomic E-state index is 11.4. The molecular formula is C30H27IN2O3S3. The number of hydrogen-bond acceptors (Lipinski definition) is 5. The number of allylic oxidation sites excluding steroid dienone is 2. The highest BCUT2D eigenvalue weighted by Crippen LogP contribution is 2.49. The van der Waals surface area contributed by atoms with E-state index in [0.717, 1.165) is 37.0 Å². The highest BCUT2D eigenvalue weighted by atomic mass is 127. The van der Waals surface area contributed by atoms with E-state index >= 15 is 0 Å². The quantitative estimate of drug-likeness (QED) is 0.165. The third-order valence-corrected chi connectivity index (χ3v) is 9.90. The normalized spacial score (nSPS) is 14.9. The molecule has 1 aliphatic rings. The fourth-order valence-corrected chi connectivity index (χ4v) is 8.01. The van der Waals surface area contributed by atoms with Gasteiger partial charge in [-0.05, 0) is 54.0 Å². The summed E-state index contributed by atoms with van der Waals surface area (Å²) >= 11 is 3.47. The molecule has 0 saturated carbocycles. The zero-order chi connectivity index (χ0) is 26.4. The molecule has 1 N–H and O–H groups in total. The van der Waals surface area contributed by atoms with E-state index in [1.165, 1.54) is 21.0 Å². The molecule has 4 aromatic carbocycles. The molecular weight excluding hydrogens is 659 g/mol. The largest absolute Gasteiger partial charge is 1.00 e. The molecule has 200 valence electrons. The first-order valence-electron chi connectivity index (χ1n) is 12.4. The number of nitrogens with zero attached hydrogens (tertiary/aromatic N) is 2. The van der Waals surface area contributed by atoms with Crippen LogP contribution in [0.2, 0.25) is 0 Å².